The van der Waals surface area contributed by atoms with Crippen molar-refractivity contribution in [2.75, 3.05) is 0 Å². The molecule has 0 saturated carbocycles. The number of hydrogen-bond donors (Lipinski definition) is 1. The zero-order chi connectivity index (χ0) is 24.2. The number of ketones is 1. The molecule has 0 aromatic heterocycles. The number of Topliss-reactive ketones (excluding diaryl/α,β-unsaturated/α-hetero) is 1. The summed E-state index contributed by atoms with van der Waals surface area (Å²) < 4.78 is 5.55. The summed E-state index contributed by atoms with van der Waals surface area (Å²) in [5, 5.41) is 9.15. The van der Waals surface area contributed by atoms with Gasteiger partial charge in [-0.05, 0) is 60.9 Å². The van der Waals surface area contributed by atoms with Gasteiger partial charge in [0, 0.05) is 5.56 Å². The molecule has 0 bridgehead atoms. The Kier molecular flexibility index (Phi) is 10.4. The van der Waals surface area contributed by atoms with E-state index in [9.17, 15) is 9.59 Å². The van der Waals surface area contributed by atoms with E-state index in [4.69, 9.17) is 9.84 Å². The first-order valence-corrected chi connectivity index (χ1v) is 11.5. The minimum absolute atomic E-state index is 0.0464. The standard InChI is InChI=1S/C29H34O4/c1-5-23-16-18-25(19-17-23)28(30)22(4)12-7-10-21(3)11-8-13-24-14-9-15-26(20-24)33-27(6-2)29(31)32/h7-10,12-21,27H,5-6,11H2,1-4H3,(H,31,32)/b10-7-,13-8+,22-12+. The summed E-state index contributed by atoms with van der Waals surface area (Å²) >= 11 is 0. The van der Waals surface area contributed by atoms with Crippen molar-refractivity contribution in [3.8, 4) is 5.75 Å². The van der Waals surface area contributed by atoms with Crippen molar-refractivity contribution in [3.05, 3.63) is 95.1 Å². The van der Waals surface area contributed by atoms with Gasteiger partial charge in [-0.2, -0.15) is 0 Å². The lowest BCUT2D eigenvalue weighted by molar-refractivity contribution is -0.145. The van der Waals surface area contributed by atoms with E-state index in [1.165, 1.54) is 5.56 Å². The van der Waals surface area contributed by atoms with Gasteiger partial charge < -0.3 is 9.84 Å². The van der Waals surface area contributed by atoms with Crippen LogP contribution < -0.4 is 4.74 Å². The molecule has 0 aliphatic heterocycles. The van der Waals surface area contributed by atoms with Gasteiger partial charge in [-0.15, -0.1) is 0 Å². The third kappa shape index (κ3) is 8.57. The van der Waals surface area contributed by atoms with Crippen LogP contribution in [0.15, 0.2) is 78.4 Å². The number of aliphatic carboxylic acids is 1. The highest BCUT2D eigenvalue weighted by Gasteiger charge is 2.16. The van der Waals surface area contributed by atoms with Crippen LogP contribution in [0.3, 0.4) is 0 Å². The van der Waals surface area contributed by atoms with E-state index in [0.29, 0.717) is 29.2 Å². The van der Waals surface area contributed by atoms with Crippen LogP contribution in [0.25, 0.3) is 6.08 Å². The summed E-state index contributed by atoms with van der Waals surface area (Å²) in [7, 11) is 0. The number of carboxylic acid groups (broad SMARTS) is 1. The molecule has 0 saturated heterocycles. The minimum Gasteiger partial charge on any atom is -0.479 e. The van der Waals surface area contributed by atoms with Crippen LogP contribution in [0.5, 0.6) is 5.75 Å². The van der Waals surface area contributed by atoms with Gasteiger partial charge in [-0.25, -0.2) is 4.79 Å². The molecule has 0 spiro atoms. The fourth-order valence-corrected chi connectivity index (χ4v) is 3.25. The molecule has 2 rings (SSSR count). The lowest BCUT2D eigenvalue weighted by Crippen LogP contribution is -2.25. The number of carboxylic acids is 1. The number of benzene rings is 2. The molecule has 2 atom stereocenters. The molecule has 0 fully saturated rings. The van der Waals surface area contributed by atoms with Crippen molar-refractivity contribution in [2.24, 2.45) is 5.92 Å². The number of hydrogen-bond acceptors (Lipinski definition) is 3. The number of allylic oxidation sites excluding steroid dienone is 5. The van der Waals surface area contributed by atoms with Crippen LogP contribution in [-0.2, 0) is 11.2 Å². The number of carbonyl (C=O) groups is 2. The number of rotatable bonds is 12. The maximum absolute atomic E-state index is 12.5. The Morgan fingerprint density at radius 2 is 1.82 bits per heavy atom. The molecule has 174 valence electrons. The van der Waals surface area contributed by atoms with Crippen molar-refractivity contribution in [3.63, 3.8) is 0 Å². The fourth-order valence-electron chi connectivity index (χ4n) is 3.25. The van der Waals surface area contributed by atoms with Gasteiger partial charge in [-0.3, -0.25) is 4.79 Å². The molecule has 2 aromatic carbocycles. The molecule has 0 radical (unpaired) electrons. The Balaban J connectivity index is 1.89. The molecule has 0 amide bonds. The molecule has 0 aliphatic rings. The van der Waals surface area contributed by atoms with E-state index < -0.39 is 12.1 Å². The van der Waals surface area contributed by atoms with Crippen LogP contribution in [0.1, 0.15) is 62.0 Å². The average molecular weight is 447 g/mol. The predicted octanol–water partition coefficient (Wildman–Crippen LogP) is 6.92. The second kappa shape index (κ2) is 13.2. The summed E-state index contributed by atoms with van der Waals surface area (Å²) in [5.74, 6) is -0.0567. The van der Waals surface area contributed by atoms with E-state index in [1.807, 2.05) is 67.6 Å². The largest absolute Gasteiger partial charge is 0.479 e. The maximum Gasteiger partial charge on any atom is 0.344 e. The van der Waals surface area contributed by atoms with Crippen molar-refractivity contribution in [1.82, 2.24) is 0 Å². The smallest absolute Gasteiger partial charge is 0.344 e. The van der Waals surface area contributed by atoms with Crippen molar-refractivity contribution in [2.45, 2.75) is 53.1 Å². The van der Waals surface area contributed by atoms with E-state index in [2.05, 4.69) is 26.0 Å². The molecule has 2 unspecified atom stereocenters. The minimum atomic E-state index is -0.959. The SMILES string of the molecule is CCc1ccc(C(=O)/C(C)=C/C=C\C(C)C/C=C/c2cccc(OC(CC)C(=O)O)c2)cc1. The molecule has 0 heterocycles. The summed E-state index contributed by atoms with van der Waals surface area (Å²) in [6, 6.07) is 15.2. The van der Waals surface area contributed by atoms with E-state index in [1.54, 1.807) is 13.0 Å². The number of aryl methyl sites for hydroxylation is 1. The molecule has 4 nitrogen and oxygen atoms in total. The lowest BCUT2D eigenvalue weighted by atomic mass is 10.0. The van der Waals surface area contributed by atoms with Gasteiger partial charge in [0.2, 0.25) is 0 Å². The number of ether oxygens (including phenoxy) is 1. The van der Waals surface area contributed by atoms with Crippen LogP contribution in [-0.4, -0.2) is 23.0 Å². The lowest BCUT2D eigenvalue weighted by Gasteiger charge is -2.13. The highest BCUT2D eigenvalue weighted by atomic mass is 16.5. The maximum atomic E-state index is 12.5. The fraction of sp³-hybridized carbons (Fsp3) is 0.310. The van der Waals surface area contributed by atoms with Crippen molar-refractivity contribution >= 4 is 17.8 Å². The summed E-state index contributed by atoms with van der Waals surface area (Å²) in [4.78, 5) is 23.7. The zero-order valence-corrected chi connectivity index (χ0v) is 20.0. The van der Waals surface area contributed by atoms with Crippen LogP contribution in [0, 0.1) is 5.92 Å². The molecular weight excluding hydrogens is 412 g/mol. The first-order chi connectivity index (χ1) is 15.8. The Bertz CT molecular complexity index is 1010. The molecule has 4 heteroatoms. The second-order valence-corrected chi connectivity index (χ2v) is 8.16. The summed E-state index contributed by atoms with van der Waals surface area (Å²) in [5.41, 5.74) is 3.60. The highest BCUT2D eigenvalue weighted by molar-refractivity contribution is 6.08. The third-order valence-electron chi connectivity index (χ3n) is 5.37. The van der Waals surface area contributed by atoms with Gasteiger partial charge in [0.05, 0.1) is 0 Å². The Morgan fingerprint density at radius 1 is 1.09 bits per heavy atom. The van der Waals surface area contributed by atoms with Gasteiger partial charge >= 0.3 is 5.97 Å². The quantitative estimate of drug-likeness (QED) is 0.218. The Morgan fingerprint density at radius 3 is 2.45 bits per heavy atom. The first-order valence-electron chi connectivity index (χ1n) is 11.5. The third-order valence-corrected chi connectivity index (χ3v) is 5.37. The second-order valence-electron chi connectivity index (χ2n) is 8.16. The molecule has 33 heavy (non-hydrogen) atoms. The first kappa shape index (κ1) is 25.9. The van der Waals surface area contributed by atoms with E-state index >= 15 is 0 Å². The summed E-state index contributed by atoms with van der Waals surface area (Å²) in [6.07, 6.45) is 11.3. The average Bonchev–Trinajstić information content (AvgIpc) is 2.82. The van der Waals surface area contributed by atoms with E-state index in [0.717, 1.165) is 18.4 Å². The number of carbonyl (C=O) groups excluding carboxylic acids is 1. The Hall–Kier alpha value is -3.40. The molecular formula is C29H34O4. The van der Waals surface area contributed by atoms with Gasteiger partial charge in [0.15, 0.2) is 11.9 Å². The van der Waals surface area contributed by atoms with Gasteiger partial charge in [-0.1, -0.05) is 87.5 Å². The van der Waals surface area contributed by atoms with Crippen molar-refractivity contribution in [1.29, 1.82) is 0 Å². The molecule has 1 N–H and O–H groups in total. The van der Waals surface area contributed by atoms with Crippen LogP contribution in [0.2, 0.25) is 0 Å². The molecule has 2 aromatic rings. The predicted molar refractivity (Wildman–Crippen MR) is 135 cm³/mol. The monoisotopic (exact) mass is 446 g/mol. The Labute approximate surface area is 197 Å². The van der Waals surface area contributed by atoms with E-state index in [-0.39, 0.29) is 5.78 Å². The van der Waals surface area contributed by atoms with Crippen LogP contribution >= 0.6 is 0 Å². The summed E-state index contributed by atoms with van der Waals surface area (Å²) in [6.45, 7) is 7.84. The van der Waals surface area contributed by atoms with Crippen LogP contribution in [0.4, 0.5) is 0 Å². The van der Waals surface area contributed by atoms with Gasteiger partial charge in [0.1, 0.15) is 5.75 Å². The van der Waals surface area contributed by atoms with Gasteiger partial charge in [0.25, 0.3) is 0 Å². The van der Waals surface area contributed by atoms with Crippen molar-refractivity contribution < 1.29 is 19.4 Å². The highest BCUT2D eigenvalue weighted by Crippen LogP contribution is 2.18. The normalized spacial score (nSPS) is 13.9. The molecule has 0 aliphatic carbocycles. The topological polar surface area (TPSA) is 63.6 Å². The zero-order valence-electron chi connectivity index (χ0n) is 20.0.